The Balaban J connectivity index is 1.87. The number of phenolic OH excluding ortho intramolecular Hbond substituents is 1. The average Bonchev–Trinajstić information content (AvgIpc) is 2.99. The van der Waals surface area contributed by atoms with Crippen molar-refractivity contribution < 1.29 is 14.3 Å². The highest BCUT2D eigenvalue weighted by Crippen LogP contribution is 2.26. The zero-order chi connectivity index (χ0) is 17.8. The predicted molar refractivity (Wildman–Crippen MR) is 92.1 cm³/mol. The van der Waals surface area contributed by atoms with Crippen LogP contribution in [0.25, 0.3) is 0 Å². The molecule has 1 amide bonds. The Morgan fingerprint density at radius 2 is 1.88 bits per heavy atom. The van der Waals surface area contributed by atoms with E-state index in [0.29, 0.717) is 5.69 Å². The van der Waals surface area contributed by atoms with E-state index in [1.54, 1.807) is 12.1 Å². The second kappa shape index (κ2) is 6.83. The van der Waals surface area contributed by atoms with Gasteiger partial charge in [-0.1, -0.05) is 0 Å². The van der Waals surface area contributed by atoms with Crippen molar-refractivity contribution in [2.45, 2.75) is 0 Å². The summed E-state index contributed by atoms with van der Waals surface area (Å²) in [7, 11) is 0. The highest BCUT2D eigenvalue weighted by Gasteiger charge is 2.18. The number of rotatable bonds is 5. The van der Waals surface area contributed by atoms with Crippen LogP contribution in [-0.4, -0.2) is 27.4 Å². The summed E-state index contributed by atoms with van der Waals surface area (Å²) in [6.45, 7) is 0. The van der Waals surface area contributed by atoms with Crippen molar-refractivity contribution in [1.82, 2.24) is 10.2 Å². The number of nitrogens with two attached hydrogens (primary N) is 1. The SMILES string of the molecule is NC(=O)c1c(Nc2ccc(F)cc2)n[nH]c1/N=C/c1ccc(O)cc1. The van der Waals surface area contributed by atoms with Crippen molar-refractivity contribution in [1.29, 1.82) is 0 Å². The number of anilines is 2. The standard InChI is InChI=1S/C17H14FN5O2/c18-11-3-5-12(6-4-11)21-17-14(15(19)25)16(22-23-17)20-9-10-1-7-13(24)8-2-10/h1-9,24H,(H2,19,25)(H2,21,22,23)/b20-9+. The normalized spacial score (nSPS) is 10.9. The fourth-order valence-corrected chi connectivity index (χ4v) is 2.12. The Kier molecular flexibility index (Phi) is 4.42. The van der Waals surface area contributed by atoms with E-state index in [4.69, 9.17) is 5.73 Å². The molecule has 1 aromatic heterocycles. The van der Waals surface area contributed by atoms with Gasteiger partial charge in [-0.2, -0.15) is 5.10 Å². The molecule has 0 saturated carbocycles. The van der Waals surface area contributed by atoms with Crippen molar-refractivity contribution in [3.8, 4) is 5.75 Å². The number of halogens is 1. The topological polar surface area (TPSA) is 116 Å². The third-order valence-corrected chi connectivity index (χ3v) is 3.34. The molecule has 0 bridgehead atoms. The van der Waals surface area contributed by atoms with Gasteiger partial charge in [0, 0.05) is 11.9 Å². The number of H-pyrrole nitrogens is 1. The lowest BCUT2D eigenvalue weighted by molar-refractivity contribution is 0.100. The Labute approximate surface area is 142 Å². The number of aromatic hydroxyl groups is 1. The van der Waals surface area contributed by atoms with E-state index in [9.17, 15) is 14.3 Å². The van der Waals surface area contributed by atoms with Crippen LogP contribution in [0, 0.1) is 5.82 Å². The van der Waals surface area contributed by atoms with E-state index in [1.165, 1.54) is 42.6 Å². The molecular weight excluding hydrogens is 325 g/mol. The Hall–Kier alpha value is -3.68. The third-order valence-electron chi connectivity index (χ3n) is 3.34. The fraction of sp³-hybridized carbons (Fsp3) is 0. The average molecular weight is 339 g/mol. The van der Waals surface area contributed by atoms with Gasteiger partial charge in [0.2, 0.25) is 0 Å². The van der Waals surface area contributed by atoms with Gasteiger partial charge >= 0.3 is 0 Å². The number of aliphatic imine (C=N–C) groups is 1. The minimum atomic E-state index is -0.712. The van der Waals surface area contributed by atoms with Crippen LogP contribution in [0.1, 0.15) is 15.9 Å². The molecule has 5 N–H and O–H groups in total. The molecule has 0 spiro atoms. The molecule has 8 heteroatoms. The van der Waals surface area contributed by atoms with Gasteiger partial charge in [0.1, 0.15) is 17.1 Å². The summed E-state index contributed by atoms with van der Waals surface area (Å²) in [6.07, 6.45) is 1.50. The number of carbonyl (C=O) groups is 1. The molecule has 3 aromatic rings. The van der Waals surface area contributed by atoms with Gasteiger partial charge in [-0.15, -0.1) is 0 Å². The van der Waals surface area contributed by atoms with E-state index < -0.39 is 5.91 Å². The quantitative estimate of drug-likeness (QED) is 0.535. The van der Waals surface area contributed by atoms with Crippen molar-refractivity contribution >= 4 is 29.4 Å². The Morgan fingerprint density at radius 1 is 1.20 bits per heavy atom. The third kappa shape index (κ3) is 3.81. The molecule has 0 aliphatic carbocycles. The zero-order valence-electron chi connectivity index (χ0n) is 12.9. The first kappa shape index (κ1) is 16.2. The minimum absolute atomic E-state index is 0.0827. The van der Waals surface area contributed by atoms with E-state index in [2.05, 4.69) is 20.5 Å². The van der Waals surface area contributed by atoms with Crippen molar-refractivity contribution in [3.05, 3.63) is 65.5 Å². The first-order valence-corrected chi connectivity index (χ1v) is 7.27. The van der Waals surface area contributed by atoms with Crippen LogP contribution in [0.4, 0.5) is 21.7 Å². The summed E-state index contributed by atoms with van der Waals surface area (Å²) in [5.74, 6) is -0.567. The second-order valence-corrected chi connectivity index (χ2v) is 5.14. The molecule has 3 rings (SSSR count). The first-order valence-electron chi connectivity index (χ1n) is 7.27. The lowest BCUT2D eigenvalue weighted by atomic mass is 10.2. The lowest BCUT2D eigenvalue weighted by Crippen LogP contribution is -2.12. The van der Waals surface area contributed by atoms with Crippen molar-refractivity contribution in [3.63, 3.8) is 0 Å². The molecule has 0 saturated heterocycles. The second-order valence-electron chi connectivity index (χ2n) is 5.14. The summed E-state index contributed by atoms with van der Waals surface area (Å²) in [5.41, 5.74) is 6.77. The molecular formula is C17H14FN5O2. The maximum atomic E-state index is 13.0. The molecule has 0 fully saturated rings. The summed E-state index contributed by atoms with van der Waals surface area (Å²) >= 11 is 0. The van der Waals surface area contributed by atoms with Crippen LogP contribution in [0.5, 0.6) is 5.75 Å². The lowest BCUT2D eigenvalue weighted by Gasteiger charge is -2.04. The smallest absolute Gasteiger partial charge is 0.256 e. The number of aromatic amines is 1. The molecule has 0 aliphatic rings. The van der Waals surface area contributed by atoms with Crippen LogP contribution in [0.2, 0.25) is 0 Å². The maximum Gasteiger partial charge on any atom is 0.256 e. The van der Waals surface area contributed by atoms with Gasteiger partial charge in [-0.25, -0.2) is 9.38 Å². The van der Waals surface area contributed by atoms with Gasteiger partial charge < -0.3 is 16.2 Å². The van der Waals surface area contributed by atoms with Crippen LogP contribution >= 0.6 is 0 Å². The molecule has 1 heterocycles. The largest absolute Gasteiger partial charge is 0.508 e. The van der Waals surface area contributed by atoms with Crippen LogP contribution in [-0.2, 0) is 0 Å². The number of nitrogens with one attached hydrogen (secondary N) is 2. The number of hydrogen-bond acceptors (Lipinski definition) is 5. The van der Waals surface area contributed by atoms with E-state index in [-0.39, 0.29) is 28.8 Å². The van der Waals surface area contributed by atoms with Crippen molar-refractivity contribution in [2.75, 3.05) is 5.32 Å². The number of hydrogen-bond donors (Lipinski definition) is 4. The molecule has 2 aromatic carbocycles. The van der Waals surface area contributed by atoms with E-state index >= 15 is 0 Å². The molecule has 0 radical (unpaired) electrons. The number of primary amides is 1. The maximum absolute atomic E-state index is 13.0. The predicted octanol–water partition coefficient (Wildman–Crippen LogP) is 2.85. The van der Waals surface area contributed by atoms with Crippen molar-refractivity contribution in [2.24, 2.45) is 10.7 Å². The molecule has 25 heavy (non-hydrogen) atoms. The molecule has 126 valence electrons. The molecule has 0 unspecified atom stereocenters. The molecule has 0 atom stereocenters. The fourth-order valence-electron chi connectivity index (χ4n) is 2.12. The number of phenols is 1. The van der Waals surface area contributed by atoms with Gasteiger partial charge in [0.25, 0.3) is 5.91 Å². The number of carbonyl (C=O) groups excluding carboxylic acids is 1. The minimum Gasteiger partial charge on any atom is -0.508 e. The zero-order valence-corrected chi connectivity index (χ0v) is 12.9. The van der Waals surface area contributed by atoms with Crippen LogP contribution < -0.4 is 11.1 Å². The summed E-state index contributed by atoms with van der Waals surface area (Å²) < 4.78 is 13.0. The first-order chi connectivity index (χ1) is 12.0. The monoisotopic (exact) mass is 339 g/mol. The highest BCUT2D eigenvalue weighted by molar-refractivity contribution is 6.03. The highest BCUT2D eigenvalue weighted by atomic mass is 19.1. The summed E-state index contributed by atoms with van der Waals surface area (Å²) in [5, 5.41) is 18.8. The number of amides is 1. The number of benzene rings is 2. The van der Waals surface area contributed by atoms with Crippen LogP contribution in [0.3, 0.4) is 0 Å². The summed E-state index contributed by atoms with van der Waals surface area (Å²) in [6, 6.07) is 11.9. The Morgan fingerprint density at radius 3 is 2.52 bits per heavy atom. The van der Waals surface area contributed by atoms with Crippen LogP contribution in [0.15, 0.2) is 53.5 Å². The van der Waals surface area contributed by atoms with E-state index in [0.717, 1.165) is 5.56 Å². The number of aromatic nitrogens is 2. The van der Waals surface area contributed by atoms with Gasteiger partial charge in [0.15, 0.2) is 11.6 Å². The molecule has 7 nitrogen and oxygen atoms in total. The summed E-state index contributed by atoms with van der Waals surface area (Å²) in [4.78, 5) is 15.9. The van der Waals surface area contributed by atoms with Gasteiger partial charge in [-0.05, 0) is 54.1 Å². The number of nitrogens with zero attached hydrogens (tertiary/aromatic N) is 2. The molecule has 0 aliphatic heterocycles. The van der Waals surface area contributed by atoms with E-state index in [1.807, 2.05) is 0 Å². The Bertz CT molecular complexity index is 917. The van der Waals surface area contributed by atoms with Gasteiger partial charge in [0.05, 0.1) is 0 Å². The van der Waals surface area contributed by atoms with Gasteiger partial charge in [-0.3, -0.25) is 9.89 Å².